The van der Waals surface area contributed by atoms with Crippen LogP contribution in [-0.4, -0.2) is 14.6 Å². The van der Waals surface area contributed by atoms with Gasteiger partial charge in [0.05, 0.1) is 0 Å². The Labute approximate surface area is 99.5 Å². The van der Waals surface area contributed by atoms with Crippen LogP contribution in [0.2, 0.25) is 6.32 Å². The highest BCUT2D eigenvalue weighted by Gasteiger charge is 2.17. The Morgan fingerprint density at radius 3 is 2.44 bits per heavy atom. The Hall–Kier alpha value is -0.755. The van der Waals surface area contributed by atoms with Crippen molar-refractivity contribution in [3.05, 3.63) is 35.4 Å². The molecular weight excluding hydrogens is 195 g/mol. The topological polar surface area (TPSA) is 9.23 Å². The van der Waals surface area contributed by atoms with Gasteiger partial charge in [0, 0.05) is 7.11 Å². The van der Waals surface area contributed by atoms with Crippen LogP contribution in [0.1, 0.15) is 30.4 Å². The molecule has 0 heterocycles. The summed E-state index contributed by atoms with van der Waals surface area (Å²) in [6, 6.07) is 9.11. The monoisotopic (exact) mass is 215 g/mol. The molecule has 0 spiro atoms. The average Bonchev–Trinajstić information content (AvgIpc) is 2.26. The summed E-state index contributed by atoms with van der Waals surface area (Å²) in [5, 5.41) is 0. The highest BCUT2D eigenvalue weighted by molar-refractivity contribution is 6.26. The van der Waals surface area contributed by atoms with Gasteiger partial charge in [-0.3, -0.25) is 0 Å². The molecule has 1 nitrogen and oxygen atoms in total. The maximum Gasteiger partial charge on any atom is 0.292 e. The van der Waals surface area contributed by atoms with Gasteiger partial charge in [-0.05, 0) is 36.2 Å². The Kier molecular flexibility index (Phi) is 4.47. The summed E-state index contributed by atoms with van der Waals surface area (Å²) in [5.41, 5.74) is 2.91. The lowest BCUT2D eigenvalue weighted by Crippen LogP contribution is -2.13. The van der Waals surface area contributed by atoms with Crippen molar-refractivity contribution in [1.82, 2.24) is 0 Å². The van der Waals surface area contributed by atoms with E-state index in [0.29, 0.717) is 0 Å². The smallest absolute Gasteiger partial charge is 0.292 e. The number of hydrogen-bond donors (Lipinski definition) is 0. The van der Waals surface area contributed by atoms with Crippen molar-refractivity contribution in [3.63, 3.8) is 0 Å². The van der Waals surface area contributed by atoms with Crippen LogP contribution in [-0.2, 0) is 17.5 Å². The molecule has 1 aromatic rings. The quantitative estimate of drug-likeness (QED) is 0.522. The maximum atomic E-state index is 4.94. The first kappa shape index (κ1) is 11.7. The molecule has 1 fully saturated rings. The van der Waals surface area contributed by atoms with Crippen LogP contribution in [0.25, 0.3) is 0 Å². The average molecular weight is 215 g/mol. The molecule has 2 rings (SSSR count). The van der Waals surface area contributed by atoms with Crippen molar-refractivity contribution in [1.29, 1.82) is 0 Å². The lowest BCUT2D eigenvalue weighted by atomic mass is 9.81. The van der Waals surface area contributed by atoms with Crippen LogP contribution >= 0.6 is 0 Å². The van der Waals surface area contributed by atoms with Crippen molar-refractivity contribution >= 4 is 7.48 Å². The van der Waals surface area contributed by atoms with E-state index in [-0.39, 0.29) is 0 Å². The first-order valence-corrected chi connectivity index (χ1v) is 6.31. The molecule has 16 heavy (non-hydrogen) atoms. The third-order valence-electron chi connectivity index (χ3n) is 3.49. The predicted octanol–water partition coefficient (Wildman–Crippen LogP) is 3.26. The highest BCUT2D eigenvalue weighted by Crippen LogP contribution is 2.29. The molecule has 0 aliphatic heterocycles. The molecular formula is C14H20BO. The predicted molar refractivity (Wildman–Crippen MR) is 68.8 cm³/mol. The second-order valence-corrected chi connectivity index (χ2v) is 4.76. The molecule has 0 aromatic heterocycles. The summed E-state index contributed by atoms with van der Waals surface area (Å²) in [6.07, 6.45) is 7.67. The van der Waals surface area contributed by atoms with Crippen molar-refractivity contribution in [2.75, 3.05) is 7.11 Å². The second kappa shape index (κ2) is 6.10. The van der Waals surface area contributed by atoms with Crippen molar-refractivity contribution < 1.29 is 4.65 Å². The Bertz CT molecular complexity index is 303. The van der Waals surface area contributed by atoms with E-state index in [0.717, 1.165) is 18.7 Å². The lowest BCUT2D eigenvalue weighted by Gasteiger charge is -2.25. The fourth-order valence-corrected chi connectivity index (χ4v) is 2.22. The van der Waals surface area contributed by atoms with Gasteiger partial charge in [0.1, 0.15) is 0 Å². The third-order valence-corrected chi connectivity index (χ3v) is 3.49. The van der Waals surface area contributed by atoms with E-state index in [4.69, 9.17) is 4.65 Å². The molecule has 0 N–H and O–H groups in total. The first-order valence-electron chi connectivity index (χ1n) is 6.31. The molecule has 0 bridgehead atoms. The molecule has 1 aliphatic carbocycles. The summed E-state index contributed by atoms with van der Waals surface area (Å²) < 4.78 is 4.94. The standard InChI is InChI=1S/C14H20BO/c1-16-15-10-9-12-5-7-14(8-6-12)11-13-3-2-4-13/h5-8,13H,2-4,9-11H2,1H3. The minimum Gasteiger partial charge on any atom is -0.443 e. The molecule has 1 aromatic carbocycles. The van der Waals surface area contributed by atoms with E-state index >= 15 is 0 Å². The van der Waals surface area contributed by atoms with E-state index in [2.05, 4.69) is 24.3 Å². The molecule has 1 saturated carbocycles. The molecule has 0 unspecified atom stereocenters. The van der Waals surface area contributed by atoms with Crippen molar-refractivity contribution in [3.8, 4) is 0 Å². The van der Waals surface area contributed by atoms with Gasteiger partial charge in [0.15, 0.2) is 0 Å². The molecule has 0 atom stereocenters. The molecule has 0 saturated heterocycles. The summed E-state index contributed by atoms with van der Waals surface area (Å²) in [4.78, 5) is 0. The first-order chi connectivity index (χ1) is 7.88. The number of aryl methyl sites for hydroxylation is 1. The molecule has 85 valence electrons. The Morgan fingerprint density at radius 2 is 1.88 bits per heavy atom. The summed E-state index contributed by atoms with van der Waals surface area (Å²) in [7, 11) is 3.57. The number of hydrogen-bond acceptors (Lipinski definition) is 1. The lowest BCUT2D eigenvalue weighted by molar-refractivity contribution is 0.314. The second-order valence-electron chi connectivity index (χ2n) is 4.76. The van der Waals surface area contributed by atoms with Crippen LogP contribution < -0.4 is 0 Å². The van der Waals surface area contributed by atoms with Gasteiger partial charge < -0.3 is 4.65 Å². The third kappa shape index (κ3) is 3.38. The van der Waals surface area contributed by atoms with E-state index in [1.807, 2.05) is 7.48 Å². The van der Waals surface area contributed by atoms with E-state index in [1.165, 1.54) is 36.8 Å². The highest BCUT2D eigenvalue weighted by atomic mass is 16.4. The van der Waals surface area contributed by atoms with Gasteiger partial charge in [0.2, 0.25) is 0 Å². The SMILES string of the molecule is CO[B]CCc1ccc(CC2CCC2)cc1. The number of rotatable bonds is 6. The zero-order chi connectivity index (χ0) is 11.2. The Morgan fingerprint density at radius 1 is 1.19 bits per heavy atom. The normalized spacial score (nSPS) is 15.8. The minimum absolute atomic E-state index is 0.965. The minimum atomic E-state index is 0.965. The zero-order valence-corrected chi connectivity index (χ0v) is 10.1. The van der Waals surface area contributed by atoms with Crippen LogP contribution in [0.4, 0.5) is 0 Å². The van der Waals surface area contributed by atoms with Crippen LogP contribution in [0.15, 0.2) is 24.3 Å². The van der Waals surface area contributed by atoms with Gasteiger partial charge in [-0.2, -0.15) is 0 Å². The van der Waals surface area contributed by atoms with E-state index < -0.39 is 0 Å². The summed E-state index contributed by atoms with van der Waals surface area (Å²) in [5.74, 6) is 0.965. The van der Waals surface area contributed by atoms with Crippen LogP contribution in [0.5, 0.6) is 0 Å². The maximum absolute atomic E-state index is 4.94. The van der Waals surface area contributed by atoms with Gasteiger partial charge in [-0.1, -0.05) is 43.5 Å². The fraction of sp³-hybridized carbons (Fsp3) is 0.571. The summed E-state index contributed by atoms with van der Waals surface area (Å²) in [6.45, 7) is 0. The largest absolute Gasteiger partial charge is 0.443 e. The molecule has 2 heteroatoms. The number of benzene rings is 1. The van der Waals surface area contributed by atoms with Gasteiger partial charge in [-0.25, -0.2) is 0 Å². The fourth-order valence-electron chi connectivity index (χ4n) is 2.22. The molecule has 1 radical (unpaired) electrons. The molecule has 0 amide bonds. The van der Waals surface area contributed by atoms with E-state index in [9.17, 15) is 0 Å². The Balaban J connectivity index is 1.78. The van der Waals surface area contributed by atoms with Crippen LogP contribution in [0, 0.1) is 5.92 Å². The van der Waals surface area contributed by atoms with Gasteiger partial charge in [0.25, 0.3) is 7.48 Å². The van der Waals surface area contributed by atoms with Crippen molar-refractivity contribution in [2.45, 2.75) is 38.4 Å². The van der Waals surface area contributed by atoms with Gasteiger partial charge in [-0.15, -0.1) is 0 Å². The van der Waals surface area contributed by atoms with Crippen LogP contribution in [0.3, 0.4) is 0 Å². The van der Waals surface area contributed by atoms with Gasteiger partial charge >= 0.3 is 0 Å². The van der Waals surface area contributed by atoms with E-state index in [1.54, 1.807) is 7.11 Å². The molecule has 1 aliphatic rings. The van der Waals surface area contributed by atoms with Crippen molar-refractivity contribution in [2.24, 2.45) is 5.92 Å². The summed E-state index contributed by atoms with van der Waals surface area (Å²) >= 11 is 0. The zero-order valence-electron chi connectivity index (χ0n) is 10.1.